The second-order valence-electron chi connectivity index (χ2n) is 6.41. The lowest BCUT2D eigenvalue weighted by Gasteiger charge is -2.28. The Morgan fingerprint density at radius 1 is 1.12 bits per heavy atom. The molecule has 4 rings (SSSR count). The van der Waals surface area contributed by atoms with Crippen molar-refractivity contribution in [2.75, 3.05) is 18.1 Å². The Kier molecular flexibility index (Phi) is 4.21. The molecule has 3 aromatic rings. The van der Waals surface area contributed by atoms with Crippen LogP contribution in [0.1, 0.15) is 23.7 Å². The molecule has 0 N–H and O–H groups in total. The van der Waals surface area contributed by atoms with Crippen LogP contribution in [0.5, 0.6) is 5.75 Å². The lowest BCUT2D eigenvalue weighted by atomic mass is 10.1. The quantitative estimate of drug-likeness (QED) is 0.661. The summed E-state index contributed by atoms with van der Waals surface area (Å²) in [5.74, 6) is 0.365. The van der Waals surface area contributed by atoms with Crippen LogP contribution in [-0.2, 0) is 11.3 Å². The van der Waals surface area contributed by atoms with Gasteiger partial charge in [-0.3, -0.25) is 14.5 Å². The predicted molar refractivity (Wildman–Crippen MR) is 101 cm³/mol. The van der Waals surface area contributed by atoms with Gasteiger partial charge in [0.1, 0.15) is 5.75 Å². The molecule has 1 aliphatic heterocycles. The molecule has 0 spiro atoms. The highest BCUT2D eigenvalue weighted by molar-refractivity contribution is 6.13. The summed E-state index contributed by atoms with van der Waals surface area (Å²) in [5, 5.41) is 0.931. The van der Waals surface area contributed by atoms with Gasteiger partial charge in [-0.15, -0.1) is 0 Å². The van der Waals surface area contributed by atoms with E-state index in [4.69, 9.17) is 4.74 Å². The van der Waals surface area contributed by atoms with Crippen LogP contribution in [0.4, 0.5) is 5.69 Å². The molecule has 2 aromatic carbocycles. The van der Waals surface area contributed by atoms with Gasteiger partial charge < -0.3 is 9.30 Å². The number of hydrogen-bond acceptors (Lipinski definition) is 3. The number of amides is 1. The molecular formula is C21H20N2O3. The number of benzene rings is 2. The number of aromatic nitrogens is 1. The topological polar surface area (TPSA) is 51.5 Å². The van der Waals surface area contributed by atoms with Gasteiger partial charge in [0, 0.05) is 29.2 Å². The molecule has 0 aliphatic carbocycles. The van der Waals surface area contributed by atoms with E-state index in [9.17, 15) is 9.59 Å². The van der Waals surface area contributed by atoms with Gasteiger partial charge in [0.2, 0.25) is 0 Å². The van der Waals surface area contributed by atoms with E-state index in [1.54, 1.807) is 6.07 Å². The fraction of sp³-hybridized carbons (Fsp3) is 0.238. The third-order valence-electron chi connectivity index (χ3n) is 4.66. The zero-order valence-electron chi connectivity index (χ0n) is 14.6. The molecule has 0 fully saturated rings. The fourth-order valence-electron chi connectivity index (χ4n) is 3.45. The Morgan fingerprint density at radius 3 is 2.73 bits per heavy atom. The molecule has 0 saturated carbocycles. The normalized spacial score (nSPS) is 13.6. The van der Waals surface area contributed by atoms with Crippen LogP contribution in [0.25, 0.3) is 10.9 Å². The van der Waals surface area contributed by atoms with E-state index >= 15 is 0 Å². The average Bonchev–Trinajstić information content (AvgIpc) is 3.03. The van der Waals surface area contributed by atoms with E-state index < -0.39 is 0 Å². The monoisotopic (exact) mass is 348 g/mol. The minimum absolute atomic E-state index is 0.0132. The number of nitrogens with zero attached hydrogens (tertiary/aromatic N) is 2. The maximum atomic E-state index is 13.1. The molecule has 0 bridgehead atoms. The molecule has 132 valence electrons. The molecule has 2 heterocycles. The number of rotatable bonds is 5. The minimum Gasteiger partial charge on any atom is -0.482 e. The van der Waals surface area contributed by atoms with Crippen LogP contribution in [0.2, 0.25) is 0 Å². The largest absolute Gasteiger partial charge is 0.482 e. The smallest absolute Gasteiger partial charge is 0.265 e. The first kappa shape index (κ1) is 16.4. The molecule has 5 nitrogen and oxygen atoms in total. The second kappa shape index (κ2) is 6.67. The molecule has 0 saturated heterocycles. The molecule has 0 atom stereocenters. The molecule has 0 unspecified atom stereocenters. The van der Waals surface area contributed by atoms with Crippen LogP contribution < -0.4 is 9.64 Å². The van der Waals surface area contributed by atoms with Gasteiger partial charge in [0.25, 0.3) is 5.91 Å². The number of Topliss-reactive ketones (excluding diaryl/α,β-unsaturated/α-hetero) is 1. The molecule has 1 amide bonds. The van der Waals surface area contributed by atoms with Crippen molar-refractivity contribution >= 4 is 28.3 Å². The van der Waals surface area contributed by atoms with Crippen molar-refractivity contribution in [3.8, 4) is 5.75 Å². The lowest BCUT2D eigenvalue weighted by Crippen LogP contribution is -2.41. The van der Waals surface area contributed by atoms with Gasteiger partial charge in [-0.2, -0.15) is 0 Å². The summed E-state index contributed by atoms with van der Waals surface area (Å²) in [6.07, 6.45) is 2.90. The Morgan fingerprint density at radius 2 is 1.88 bits per heavy atom. The van der Waals surface area contributed by atoms with Crippen molar-refractivity contribution in [2.24, 2.45) is 0 Å². The minimum atomic E-state index is -0.200. The average molecular weight is 348 g/mol. The highest BCUT2D eigenvalue weighted by Crippen LogP contribution is 2.32. The van der Waals surface area contributed by atoms with Crippen molar-refractivity contribution in [3.05, 3.63) is 60.3 Å². The fourth-order valence-corrected chi connectivity index (χ4v) is 3.45. The van der Waals surface area contributed by atoms with Crippen LogP contribution in [0.15, 0.2) is 54.7 Å². The number of fused-ring (bicyclic) bond motifs is 2. The Balaban J connectivity index is 1.69. The third-order valence-corrected chi connectivity index (χ3v) is 4.66. The number of carbonyl (C=O) groups excluding carboxylic acids is 2. The SMILES string of the molecule is CCCn1cc(C(=O)CN2C(=O)COc3ccccc32)c2ccccc21. The van der Waals surface area contributed by atoms with E-state index in [0.717, 1.165) is 23.9 Å². The second-order valence-corrected chi connectivity index (χ2v) is 6.41. The first-order valence-corrected chi connectivity index (χ1v) is 8.82. The van der Waals surface area contributed by atoms with Crippen molar-refractivity contribution in [1.82, 2.24) is 4.57 Å². The number of para-hydroxylation sites is 3. The molecular weight excluding hydrogens is 328 g/mol. The summed E-state index contributed by atoms with van der Waals surface area (Å²) in [7, 11) is 0. The van der Waals surface area contributed by atoms with Gasteiger partial charge in [-0.25, -0.2) is 0 Å². The van der Waals surface area contributed by atoms with E-state index in [1.165, 1.54) is 4.90 Å². The van der Waals surface area contributed by atoms with Crippen LogP contribution >= 0.6 is 0 Å². The van der Waals surface area contributed by atoms with Gasteiger partial charge in [0.05, 0.1) is 12.2 Å². The van der Waals surface area contributed by atoms with E-state index in [2.05, 4.69) is 11.5 Å². The van der Waals surface area contributed by atoms with Crippen LogP contribution in [0, 0.1) is 0 Å². The van der Waals surface area contributed by atoms with Gasteiger partial charge >= 0.3 is 0 Å². The predicted octanol–water partition coefficient (Wildman–Crippen LogP) is 3.66. The molecule has 26 heavy (non-hydrogen) atoms. The lowest BCUT2D eigenvalue weighted by molar-refractivity contribution is -0.121. The summed E-state index contributed by atoms with van der Waals surface area (Å²) < 4.78 is 7.56. The number of ether oxygens (including phenoxy) is 1. The molecule has 1 aromatic heterocycles. The summed E-state index contributed by atoms with van der Waals surface area (Å²) in [6.45, 7) is 2.94. The highest BCUT2D eigenvalue weighted by Gasteiger charge is 2.28. The van der Waals surface area contributed by atoms with Crippen molar-refractivity contribution < 1.29 is 14.3 Å². The molecule has 5 heteroatoms. The standard InChI is InChI=1S/C21H20N2O3/c1-2-11-22-12-16(15-7-3-4-8-17(15)22)19(24)13-23-18-9-5-6-10-20(18)26-14-21(23)25/h3-10,12H,2,11,13-14H2,1H3. The van der Waals surface area contributed by atoms with E-state index in [-0.39, 0.29) is 24.8 Å². The maximum absolute atomic E-state index is 13.1. The third kappa shape index (κ3) is 2.75. The van der Waals surface area contributed by atoms with E-state index in [0.29, 0.717) is 17.0 Å². The van der Waals surface area contributed by atoms with Crippen molar-refractivity contribution in [3.63, 3.8) is 0 Å². The Hall–Kier alpha value is -3.08. The van der Waals surface area contributed by atoms with Crippen molar-refractivity contribution in [1.29, 1.82) is 0 Å². The highest BCUT2D eigenvalue weighted by atomic mass is 16.5. The molecule has 0 radical (unpaired) electrons. The zero-order valence-corrected chi connectivity index (χ0v) is 14.6. The summed E-state index contributed by atoms with van der Waals surface area (Å²) in [6, 6.07) is 15.2. The molecule has 1 aliphatic rings. The summed E-state index contributed by atoms with van der Waals surface area (Å²) in [5.41, 5.74) is 2.35. The van der Waals surface area contributed by atoms with Gasteiger partial charge in [0.15, 0.2) is 12.4 Å². The van der Waals surface area contributed by atoms with Crippen LogP contribution in [0.3, 0.4) is 0 Å². The van der Waals surface area contributed by atoms with Crippen molar-refractivity contribution in [2.45, 2.75) is 19.9 Å². The zero-order chi connectivity index (χ0) is 18.1. The number of carbonyl (C=O) groups is 2. The Labute approximate surface area is 151 Å². The number of aryl methyl sites for hydroxylation is 1. The first-order valence-electron chi connectivity index (χ1n) is 8.82. The summed E-state index contributed by atoms with van der Waals surface area (Å²) in [4.78, 5) is 26.9. The maximum Gasteiger partial charge on any atom is 0.265 e. The first-order chi connectivity index (χ1) is 12.7. The summed E-state index contributed by atoms with van der Waals surface area (Å²) >= 11 is 0. The van der Waals surface area contributed by atoms with Gasteiger partial charge in [-0.05, 0) is 24.6 Å². The van der Waals surface area contributed by atoms with E-state index in [1.807, 2.05) is 48.7 Å². The Bertz CT molecular complexity index is 990. The van der Waals surface area contributed by atoms with Gasteiger partial charge in [-0.1, -0.05) is 37.3 Å². The van der Waals surface area contributed by atoms with Crippen LogP contribution in [-0.4, -0.2) is 29.4 Å². The number of anilines is 1. The number of ketones is 1. The number of hydrogen-bond donors (Lipinski definition) is 0.